The zero-order valence-corrected chi connectivity index (χ0v) is 17.8. The monoisotopic (exact) mass is 327 g/mol. The zero-order chi connectivity index (χ0) is 17.9. The molecule has 0 amide bonds. The molecule has 0 aromatic heterocycles. The minimum atomic E-state index is 0.866. The molecule has 1 atom stereocenters. The minimum Gasteiger partial charge on any atom is -0.304 e. The van der Waals surface area contributed by atoms with Crippen molar-refractivity contribution in [3.8, 4) is 0 Å². The molecule has 142 valence electrons. The van der Waals surface area contributed by atoms with Gasteiger partial charge in [0.15, 0.2) is 0 Å². The number of rotatable bonds is 14. The topological polar surface area (TPSA) is 3.24 Å². The summed E-state index contributed by atoms with van der Waals surface area (Å²) >= 11 is 0. The van der Waals surface area contributed by atoms with E-state index in [0.717, 1.165) is 11.8 Å². The summed E-state index contributed by atoms with van der Waals surface area (Å²) in [7, 11) is 0. The smallest absolute Gasteiger partial charge is 0.00189 e. The molecule has 0 rings (SSSR count). The van der Waals surface area contributed by atoms with E-state index in [1.54, 1.807) is 0 Å². The molecule has 0 aliphatic carbocycles. The van der Waals surface area contributed by atoms with Crippen LogP contribution in [-0.2, 0) is 0 Å². The van der Waals surface area contributed by atoms with Crippen molar-refractivity contribution in [3.05, 3.63) is 0 Å². The lowest BCUT2D eigenvalue weighted by atomic mass is 9.96. The Morgan fingerprint density at radius 3 is 1.48 bits per heavy atom. The summed E-state index contributed by atoms with van der Waals surface area (Å²) < 4.78 is 0. The van der Waals surface area contributed by atoms with Gasteiger partial charge in [0.2, 0.25) is 0 Å². The Labute approximate surface area is 149 Å². The summed E-state index contributed by atoms with van der Waals surface area (Å²) in [5.74, 6) is 1.77. The maximum atomic E-state index is 2.58. The molecule has 0 bridgehead atoms. The number of nitrogens with zero attached hydrogens (tertiary/aromatic N) is 1. The Morgan fingerprint density at radius 1 is 0.609 bits per heavy atom. The van der Waals surface area contributed by atoms with Crippen LogP contribution < -0.4 is 0 Å². The average molecular weight is 328 g/mol. The lowest BCUT2D eigenvalue weighted by Gasteiger charge is -2.19. The van der Waals surface area contributed by atoms with Crippen LogP contribution in [0, 0.1) is 11.8 Å². The van der Waals surface area contributed by atoms with Crippen LogP contribution in [0.1, 0.15) is 113 Å². The van der Waals surface area contributed by atoms with Gasteiger partial charge in [-0.15, -0.1) is 0 Å². The lowest BCUT2D eigenvalue weighted by Crippen LogP contribution is -2.25. The van der Waals surface area contributed by atoms with Gasteiger partial charge in [0.05, 0.1) is 0 Å². The molecule has 1 heteroatoms. The molecule has 0 radical (unpaired) electrons. The van der Waals surface area contributed by atoms with Crippen LogP contribution in [0.4, 0.5) is 0 Å². The van der Waals surface area contributed by atoms with Gasteiger partial charge in [0.25, 0.3) is 0 Å². The molecule has 1 unspecified atom stereocenters. The fraction of sp³-hybridized carbons (Fsp3) is 1.00. The predicted octanol–water partition coefficient (Wildman–Crippen LogP) is 7.55. The molecule has 0 aliphatic rings. The third-order valence-electron chi connectivity index (χ3n) is 5.10. The van der Waals surface area contributed by atoms with Crippen LogP contribution in [0.2, 0.25) is 0 Å². The van der Waals surface area contributed by atoms with Gasteiger partial charge in [-0.1, -0.05) is 99.8 Å². The number of unbranched alkanes of at least 4 members (excludes halogenated alkanes) is 7. The number of hydrogen-bond donors (Lipinski definition) is 0. The predicted molar refractivity (Wildman–Crippen MR) is 109 cm³/mol. The van der Waals surface area contributed by atoms with Crippen molar-refractivity contribution >= 4 is 0 Å². The molecule has 23 heavy (non-hydrogen) atoms. The normalized spacial score (nSPS) is 12.4. The largest absolute Gasteiger partial charge is 0.304 e. The Kier molecular flexibility index (Phi) is 21.9. The molecular formula is C22H49N. The van der Waals surface area contributed by atoms with Crippen molar-refractivity contribution in [2.75, 3.05) is 19.6 Å². The molecule has 0 saturated heterocycles. The van der Waals surface area contributed by atoms with Crippen molar-refractivity contribution in [2.24, 2.45) is 11.8 Å². The first kappa shape index (κ1) is 25.2. The van der Waals surface area contributed by atoms with Gasteiger partial charge >= 0.3 is 0 Å². The maximum Gasteiger partial charge on any atom is -0.00189 e. The highest BCUT2D eigenvalue weighted by molar-refractivity contribution is 4.55. The average Bonchev–Trinajstić information content (AvgIpc) is 2.55. The van der Waals surface area contributed by atoms with E-state index in [2.05, 4.69) is 53.4 Å². The van der Waals surface area contributed by atoms with Crippen LogP contribution in [0.25, 0.3) is 0 Å². The summed E-state index contributed by atoms with van der Waals surface area (Å²) in [5, 5.41) is 0. The fourth-order valence-electron chi connectivity index (χ4n) is 2.68. The van der Waals surface area contributed by atoms with Crippen molar-refractivity contribution in [3.63, 3.8) is 0 Å². The van der Waals surface area contributed by atoms with Crippen LogP contribution in [-0.4, -0.2) is 24.5 Å². The van der Waals surface area contributed by atoms with Gasteiger partial charge in [-0.25, -0.2) is 0 Å². The lowest BCUT2D eigenvalue weighted by molar-refractivity contribution is 0.281. The van der Waals surface area contributed by atoms with Crippen LogP contribution >= 0.6 is 0 Å². The van der Waals surface area contributed by atoms with Gasteiger partial charge < -0.3 is 4.90 Å². The first-order valence-electron chi connectivity index (χ1n) is 10.8. The van der Waals surface area contributed by atoms with E-state index >= 15 is 0 Å². The Balaban J connectivity index is 0. The molecule has 0 saturated carbocycles. The molecular weight excluding hydrogens is 278 g/mol. The Bertz CT molecular complexity index is 200. The molecule has 0 aromatic carbocycles. The van der Waals surface area contributed by atoms with Crippen LogP contribution in [0.3, 0.4) is 0 Å². The van der Waals surface area contributed by atoms with Crippen molar-refractivity contribution in [1.82, 2.24) is 4.90 Å². The molecule has 0 fully saturated rings. The van der Waals surface area contributed by atoms with Gasteiger partial charge in [-0.05, 0) is 44.3 Å². The van der Waals surface area contributed by atoms with Crippen molar-refractivity contribution in [2.45, 2.75) is 113 Å². The second-order valence-electron chi connectivity index (χ2n) is 7.54. The molecule has 0 heterocycles. The van der Waals surface area contributed by atoms with E-state index in [0.29, 0.717) is 0 Å². The first-order valence-corrected chi connectivity index (χ1v) is 10.8. The van der Waals surface area contributed by atoms with E-state index in [9.17, 15) is 0 Å². The van der Waals surface area contributed by atoms with Crippen LogP contribution in [0.5, 0.6) is 0 Å². The van der Waals surface area contributed by atoms with Gasteiger partial charge in [-0.2, -0.15) is 0 Å². The third-order valence-corrected chi connectivity index (χ3v) is 5.10. The second kappa shape index (κ2) is 20.0. The highest BCUT2D eigenvalue weighted by atomic mass is 15.1. The summed E-state index contributed by atoms with van der Waals surface area (Å²) in [4.78, 5) is 2.58. The van der Waals surface area contributed by atoms with E-state index in [1.807, 2.05) is 0 Å². The van der Waals surface area contributed by atoms with Crippen molar-refractivity contribution < 1.29 is 0 Å². The maximum absolute atomic E-state index is 2.58. The Hall–Kier alpha value is -0.0400. The number of hydrogen-bond acceptors (Lipinski definition) is 1. The zero-order valence-electron chi connectivity index (χ0n) is 17.8. The second-order valence-corrected chi connectivity index (χ2v) is 7.54. The van der Waals surface area contributed by atoms with Gasteiger partial charge in [0.1, 0.15) is 0 Å². The summed E-state index contributed by atoms with van der Waals surface area (Å²) in [6.07, 6.45) is 14.1. The molecule has 0 spiro atoms. The fourth-order valence-corrected chi connectivity index (χ4v) is 2.68. The van der Waals surface area contributed by atoms with Crippen molar-refractivity contribution in [1.29, 1.82) is 0 Å². The molecule has 1 nitrogen and oxygen atoms in total. The third kappa shape index (κ3) is 19.9. The molecule has 0 N–H and O–H groups in total. The highest BCUT2D eigenvalue weighted by Gasteiger charge is 2.01. The quantitative estimate of drug-likeness (QED) is 0.298. The van der Waals surface area contributed by atoms with Crippen LogP contribution in [0.15, 0.2) is 0 Å². The first-order chi connectivity index (χ1) is 11.0. The SMILES string of the molecule is CCC(C)C(C)C.CCCCCCCCCCN(CC)CCC. The highest BCUT2D eigenvalue weighted by Crippen LogP contribution is 2.12. The summed E-state index contributed by atoms with van der Waals surface area (Å²) in [6.45, 7) is 19.7. The summed E-state index contributed by atoms with van der Waals surface area (Å²) in [5.41, 5.74) is 0. The molecule has 0 aliphatic heterocycles. The van der Waals surface area contributed by atoms with E-state index in [1.165, 1.54) is 83.8 Å². The van der Waals surface area contributed by atoms with Gasteiger partial charge in [-0.3, -0.25) is 0 Å². The Morgan fingerprint density at radius 2 is 1.13 bits per heavy atom. The van der Waals surface area contributed by atoms with E-state index in [4.69, 9.17) is 0 Å². The molecule has 0 aromatic rings. The van der Waals surface area contributed by atoms with E-state index in [-0.39, 0.29) is 0 Å². The van der Waals surface area contributed by atoms with Gasteiger partial charge in [0, 0.05) is 0 Å². The summed E-state index contributed by atoms with van der Waals surface area (Å²) in [6, 6.07) is 0. The minimum absolute atomic E-state index is 0.866. The van der Waals surface area contributed by atoms with E-state index < -0.39 is 0 Å². The standard InChI is InChI=1S/C15H33N.C7H16/c1-4-7-8-9-10-11-12-13-15-16(6-3)14-5-2;1-5-7(4)6(2)3/h4-15H2,1-3H3;6-7H,5H2,1-4H3.